The molecule has 4 nitrogen and oxygen atoms in total. The molecule has 0 saturated heterocycles. The van der Waals surface area contributed by atoms with Crippen molar-refractivity contribution in [1.29, 1.82) is 0 Å². The van der Waals surface area contributed by atoms with E-state index in [1.54, 1.807) is 12.3 Å². The summed E-state index contributed by atoms with van der Waals surface area (Å²) in [6.45, 7) is 2.76. The molecule has 1 aromatic heterocycles. The molecule has 1 atom stereocenters. The second-order valence-corrected chi connectivity index (χ2v) is 4.18. The van der Waals surface area contributed by atoms with E-state index in [-0.39, 0.29) is 12.5 Å². The predicted molar refractivity (Wildman–Crippen MR) is 61.1 cm³/mol. The summed E-state index contributed by atoms with van der Waals surface area (Å²) < 4.78 is 0.857. The molecule has 0 aliphatic rings. The third kappa shape index (κ3) is 3.16. The summed E-state index contributed by atoms with van der Waals surface area (Å²) in [4.78, 5) is 4.12. The lowest BCUT2D eigenvalue weighted by Gasteiger charge is -2.11. The number of aliphatic hydroxyl groups excluding tert-OH is 1. The van der Waals surface area contributed by atoms with Crippen LogP contribution >= 0.6 is 15.9 Å². The second-order valence-electron chi connectivity index (χ2n) is 3.26. The number of aliphatic hydroxyl groups is 1. The standard InChI is InChI=1S/C9H14BrN3O/c1-6(5-14)3-12-9-8(11)2-7(10)4-13-9/h2,4,6,14H,3,5,11H2,1H3,(H,12,13). The van der Waals surface area contributed by atoms with E-state index < -0.39 is 0 Å². The topological polar surface area (TPSA) is 71.2 Å². The Labute approximate surface area is 91.7 Å². The van der Waals surface area contributed by atoms with Crippen LogP contribution in [-0.4, -0.2) is 23.2 Å². The molecule has 0 amide bonds. The molecule has 0 fully saturated rings. The first-order chi connectivity index (χ1) is 6.63. The quantitative estimate of drug-likeness (QED) is 0.766. The number of nitrogens with zero attached hydrogens (tertiary/aromatic N) is 1. The van der Waals surface area contributed by atoms with Crippen molar-refractivity contribution in [1.82, 2.24) is 4.98 Å². The van der Waals surface area contributed by atoms with Crippen molar-refractivity contribution in [2.24, 2.45) is 5.92 Å². The first-order valence-electron chi connectivity index (χ1n) is 4.39. The van der Waals surface area contributed by atoms with Crippen molar-refractivity contribution in [3.8, 4) is 0 Å². The molecule has 1 unspecified atom stereocenters. The zero-order valence-electron chi connectivity index (χ0n) is 8.00. The van der Waals surface area contributed by atoms with Crippen molar-refractivity contribution < 1.29 is 5.11 Å². The maximum Gasteiger partial charge on any atom is 0.149 e. The highest BCUT2D eigenvalue weighted by Gasteiger charge is 2.03. The van der Waals surface area contributed by atoms with Crippen LogP contribution < -0.4 is 11.1 Å². The number of nitrogens with one attached hydrogen (secondary N) is 1. The van der Waals surface area contributed by atoms with Gasteiger partial charge in [0, 0.05) is 23.8 Å². The molecular weight excluding hydrogens is 246 g/mol. The van der Waals surface area contributed by atoms with Crippen LogP contribution in [0, 0.1) is 5.92 Å². The Hall–Kier alpha value is -0.810. The van der Waals surface area contributed by atoms with Gasteiger partial charge in [0.05, 0.1) is 5.69 Å². The molecule has 1 aromatic rings. The zero-order chi connectivity index (χ0) is 10.6. The van der Waals surface area contributed by atoms with E-state index >= 15 is 0 Å². The van der Waals surface area contributed by atoms with Gasteiger partial charge >= 0.3 is 0 Å². The molecular formula is C9H14BrN3O. The molecule has 0 aliphatic carbocycles. The molecule has 0 radical (unpaired) electrons. The molecule has 0 aromatic carbocycles. The van der Waals surface area contributed by atoms with Crippen LogP contribution in [0.2, 0.25) is 0 Å². The Morgan fingerprint density at radius 2 is 2.43 bits per heavy atom. The SMILES string of the molecule is CC(CO)CNc1ncc(Br)cc1N. The summed E-state index contributed by atoms with van der Waals surface area (Å²) in [7, 11) is 0. The van der Waals surface area contributed by atoms with Gasteiger partial charge in [-0.15, -0.1) is 0 Å². The Balaban J connectivity index is 2.59. The minimum absolute atomic E-state index is 0.156. The monoisotopic (exact) mass is 259 g/mol. The Bertz CT molecular complexity index is 306. The van der Waals surface area contributed by atoms with E-state index in [1.807, 2.05) is 6.92 Å². The molecule has 0 aliphatic heterocycles. The zero-order valence-corrected chi connectivity index (χ0v) is 9.58. The fraction of sp³-hybridized carbons (Fsp3) is 0.444. The third-order valence-corrected chi connectivity index (χ3v) is 2.25. The number of hydrogen-bond donors (Lipinski definition) is 3. The van der Waals surface area contributed by atoms with E-state index in [1.165, 1.54) is 0 Å². The summed E-state index contributed by atoms with van der Waals surface area (Å²) >= 11 is 3.28. The van der Waals surface area contributed by atoms with E-state index in [4.69, 9.17) is 10.8 Å². The minimum Gasteiger partial charge on any atom is -0.396 e. The molecule has 0 bridgehead atoms. The Morgan fingerprint density at radius 1 is 1.71 bits per heavy atom. The highest BCUT2D eigenvalue weighted by atomic mass is 79.9. The van der Waals surface area contributed by atoms with Gasteiger partial charge in [0.1, 0.15) is 5.82 Å². The van der Waals surface area contributed by atoms with Gasteiger partial charge in [-0.05, 0) is 27.9 Å². The Morgan fingerprint density at radius 3 is 3.00 bits per heavy atom. The number of pyridine rings is 1. The number of rotatable bonds is 4. The summed E-state index contributed by atoms with van der Waals surface area (Å²) in [5.74, 6) is 0.855. The van der Waals surface area contributed by atoms with E-state index in [9.17, 15) is 0 Å². The fourth-order valence-corrected chi connectivity index (χ4v) is 1.29. The molecule has 0 spiro atoms. The third-order valence-electron chi connectivity index (χ3n) is 1.81. The van der Waals surface area contributed by atoms with Crippen molar-refractivity contribution in [2.45, 2.75) is 6.92 Å². The summed E-state index contributed by atoms with van der Waals surface area (Å²) in [6, 6.07) is 1.79. The number of hydrogen-bond acceptors (Lipinski definition) is 4. The van der Waals surface area contributed by atoms with E-state index in [2.05, 4.69) is 26.2 Å². The van der Waals surface area contributed by atoms with Gasteiger partial charge in [-0.1, -0.05) is 6.92 Å². The normalized spacial score (nSPS) is 12.5. The van der Waals surface area contributed by atoms with Gasteiger partial charge in [-0.3, -0.25) is 0 Å². The van der Waals surface area contributed by atoms with Crippen LogP contribution in [0.4, 0.5) is 11.5 Å². The van der Waals surface area contributed by atoms with Gasteiger partial charge in [0.2, 0.25) is 0 Å². The average Bonchev–Trinajstić information content (AvgIpc) is 2.16. The Kier molecular flexibility index (Phi) is 4.16. The lowest BCUT2D eigenvalue weighted by molar-refractivity contribution is 0.244. The molecule has 1 heterocycles. The highest BCUT2D eigenvalue weighted by molar-refractivity contribution is 9.10. The maximum atomic E-state index is 8.83. The van der Waals surface area contributed by atoms with Crippen LogP contribution in [0.3, 0.4) is 0 Å². The minimum atomic E-state index is 0.156. The lowest BCUT2D eigenvalue weighted by Crippen LogP contribution is -2.16. The second kappa shape index (κ2) is 5.17. The van der Waals surface area contributed by atoms with Crippen LogP contribution in [0.25, 0.3) is 0 Å². The molecule has 1 rings (SSSR count). The number of halogens is 1. The first kappa shape index (κ1) is 11.3. The smallest absolute Gasteiger partial charge is 0.149 e. The van der Waals surface area contributed by atoms with Crippen molar-refractivity contribution in [2.75, 3.05) is 24.2 Å². The van der Waals surface area contributed by atoms with E-state index in [0.29, 0.717) is 18.1 Å². The average molecular weight is 260 g/mol. The number of anilines is 2. The molecule has 14 heavy (non-hydrogen) atoms. The fourth-order valence-electron chi connectivity index (χ4n) is 0.938. The van der Waals surface area contributed by atoms with Crippen LogP contribution in [0.1, 0.15) is 6.92 Å². The van der Waals surface area contributed by atoms with Crippen molar-refractivity contribution in [3.05, 3.63) is 16.7 Å². The largest absolute Gasteiger partial charge is 0.396 e. The summed E-state index contributed by atoms with van der Waals surface area (Å²) in [6.07, 6.45) is 1.68. The molecule has 4 N–H and O–H groups in total. The van der Waals surface area contributed by atoms with Gasteiger partial charge in [0.25, 0.3) is 0 Å². The van der Waals surface area contributed by atoms with Crippen molar-refractivity contribution in [3.63, 3.8) is 0 Å². The molecule has 5 heteroatoms. The predicted octanol–water partition coefficient (Wildman–Crippen LogP) is 1.47. The summed E-state index contributed by atoms with van der Waals surface area (Å²) in [5.41, 5.74) is 6.33. The van der Waals surface area contributed by atoms with Gasteiger partial charge in [-0.2, -0.15) is 0 Å². The first-order valence-corrected chi connectivity index (χ1v) is 5.18. The van der Waals surface area contributed by atoms with E-state index in [0.717, 1.165) is 4.47 Å². The number of aromatic nitrogens is 1. The highest BCUT2D eigenvalue weighted by Crippen LogP contribution is 2.19. The lowest BCUT2D eigenvalue weighted by atomic mass is 10.2. The number of nitrogens with two attached hydrogens (primary N) is 1. The van der Waals surface area contributed by atoms with Gasteiger partial charge in [-0.25, -0.2) is 4.98 Å². The van der Waals surface area contributed by atoms with Crippen LogP contribution in [0.15, 0.2) is 16.7 Å². The van der Waals surface area contributed by atoms with Crippen molar-refractivity contribution >= 4 is 27.4 Å². The summed E-state index contributed by atoms with van der Waals surface area (Å²) in [5, 5.41) is 11.9. The molecule has 78 valence electrons. The van der Waals surface area contributed by atoms with Gasteiger partial charge in [0.15, 0.2) is 0 Å². The number of nitrogen functional groups attached to an aromatic ring is 1. The van der Waals surface area contributed by atoms with Crippen LogP contribution in [-0.2, 0) is 0 Å². The maximum absolute atomic E-state index is 8.83. The molecule has 0 saturated carbocycles. The van der Waals surface area contributed by atoms with Gasteiger partial charge < -0.3 is 16.2 Å². The van der Waals surface area contributed by atoms with Crippen LogP contribution in [0.5, 0.6) is 0 Å².